The van der Waals surface area contributed by atoms with Gasteiger partial charge in [0.25, 0.3) is 0 Å². The number of unbranched alkanes of at least 4 members (excludes halogenated alkanes) is 3. The second-order valence-electron chi connectivity index (χ2n) is 6.55. The van der Waals surface area contributed by atoms with E-state index >= 15 is 0 Å². The summed E-state index contributed by atoms with van der Waals surface area (Å²) in [5, 5.41) is 6.74. The number of nitrogens with zero attached hydrogens (tertiary/aromatic N) is 2. The van der Waals surface area contributed by atoms with Crippen LogP contribution in [0.2, 0.25) is 0 Å². The molecule has 0 aromatic heterocycles. The van der Waals surface area contributed by atoms with Crippen molar-refractivity contribution in [3.63, 3.8) is 0 Å². The summed E-state index contributed by atoms with van der Waals surface area (Å²) in [4.78, 5) is 7.31. The molecule has 0 atom stereocenters. The summed E-state index contributed by atoms with van der Waals surface area (Å²) in [5.74, 6) is 0.963. The molecule has 2 N–H and O–H groups in total. The third kappa shape index (κ3) is 14.7. The van der Waals surface area contributed by atoms with Crippen LogP contribution in [-0.4, -0.2) is 63.3 Å². The normalized spacial score (nSPS) is 15.7. The molecule has 0 bridgehead atoms. The van der Waals surface area contributed by atoms with Crippen LogP contribution < -0.4 is 10.6 Å². The molecular weight excluding hydrogens is 427 g/mol. The maximum absolute atomic E-state index is 5.36. The molecule has 1 fully saturated rings. The summed E-state index contributed by atoms with van der Waals surface area (Å²) in [7, 11) is 0. The fraction of sp³-hybridized carbons (Fsp3) is 0.947. The van der Waals surface area contributed by atoms with Crippen molar-refractivity contribution >= 4 is 29.9 Å². The van der Waals surface area contributed by atoms with Gasteiger partial charge in [0.05, 0.1) is 0 Å². The van der Waals surface area contributed by atoms with E-state index in [1.807, 2.05) is 6.92 Å². The highest BCUT2D eigenvalue weighted by molar-refractivity contribution is 14.0. The minimum Gasteiger partial charge on any atom is -0.382 e. The summed E-state index contributed by atoms with van der Waals surface area (Å²) in [6.07, 6.45) is 10.2. The standard InChI is InChI=1S/C19H40N4O.HI/c1-3-20-19(22-14-8-12-18-24-4-2)21-13-7-5-9-15-23-16-10-6-11-17-23;/h3-18H2,1-2H3,(H2,20,21,22);1H. The largest absolute Gasteiger partial charge is 0.382 e. The molecule has 0 saturated carbocycles. The average molecular weight is 468 g/mol. The highest BCUT2D eigenvalue weighted by Gasteiger charge is 2.08. The maximum atomic E-state index is 5.36. The maximum Gasteiger partial charge on any atom is 0.191 e. The second-order valence-corrected chi connectivity index (χ2v) is 6.55. The van der Waals surface area contributed by atoms with Gasteiger partial charge in [-0.15, -0.1) is 24.0 Å². The van der Waals surface area contributed by atoms with Crippen molar-refractivity contribution in [2.75, 3.05) is 52.5 Å². The lowest BCUT2D eigenvalue weighted by molar-refractivity contribution is 0.143. The van der Waals surface area contributed by atoms with E-state index < -0.39 is 0 Å². The first-order chi connectivity index (χ1) is 11.9. The van der Waals surface area contributed by atoms with Crippen molar-refractivity contribution in [2.24, 2.45) is 4.99 Å². The van der Waals surface area contributed by atoms with Crippen LogP contribution in [0, 0.1) is 0 Å². The van der Waals surface area contributed by atoms with Crippen LogP contribution in [0.15, 0.2) is 4.99 Å². The second kappa shape index (κ2) is 18.7. The number of nitrogens with one attached hydrogen (secondary N) is 2. The molecule has 0 amide bonds. The molecule has 150 valence electrons. The first kappa shape index (κ1) is 24.9. The summed E-state index contributed by atoms with van der Waals surface area (Å²) in [5.41, 5.74) is 0. The van der Waals surface area contributed by atoms with Gasteiger partial charge in [-0.2, -0.15) is 0 Å². The Morgan fingerprint density at radius 3 is 2.48 bits per heavy atom. The highest BCUT2D eigenvalue weighted by Crippen LogP contribution is 2.09. The molecule has 6 heteroatoms. The minimum atomic E-state index is 0. The van der Waals surface area contributed by atoms with E-state index in [0.717, 1.165) is 51.6 Å². The Bertz CT molecular complexity index is 310. The monoisotopic (exact) mass is 468 g/mol. The van der Waals surface area contributed by atoms with Crippen molar-refractivity contribution in [1.82, 2.24) is 15.5 Å². The van der Waals surface area contributed by atoms with Crippen molar-refractivity contribution in [1.29, 1.82) is 0 Å². The molecule has 1 rings (SSSR count). The van der Waals surface area contributed by atoms with Gasteiger partial charge in [0, 0.05) is 32.8 Å². The van der Waals surface area contributed by atoms with Crippen LogP contribution in [-0.2, 0) is 4.74 Å². The molecule has 0 radical (unpaired) electrons. The Morgan fingerprint density at radius 2 is 1.76 bits per heavy atom. The topological polar surface area (TPSA) is 48.9 Å². The quantitative estimate of drug-likeness (QED) is 0.188. The Kier molecular flexibility index (Phi) is 18.6. The summed E-state index contributed by atoms with van der Waals surface area (Å²) in [6, 6.07) is 0. The van der Waals surface area contributed by atoms with E-state index in [-0.39, 0.29) is 24.0 Å². The minimum absolute atomic E-state index is 0. The van der Waals surface area contributed by atoms with Crippen molar-refractivity contribution in [3.05, 3.63) is 0 Å². The Hall–Kier alpha value is -0.0800. The van der Waals surface area contributed by atoms with Gasteiger partial charge >= 0.3 is 0 Å². The van der Waals surface area contributed by atoms with Crippen LogP contribution in [0.1, 0.15) is 65.2 Å². The number of ether oxygens (including phenoxy) is 1. The van der Waals surface area contributed by atoms with E-state index in [1.165, 1.54) is 58.2 Å². The van der Waals surface area contributed by atoms with Gasteiger partial charge < -0.3 is 20.3 Å². The SMILES string of the molecule is CCNC(=NCCCCCN1CCCCC1)NCCCCOCC.I. The van der Waals surface area contributed by atoms with Gasteiger partial charge in [-0.3, -0.25) is 4.99 Å². The first-order valence-corrected chi connectivity index (χ1v) is 10.2. The summed E-state index contributed by atoms with van der Waals surface area (Å²) >= 11 is 0. The number of likely N-dealkylation sites (tertiary alicyclic amines) is 1. The highest BCUT2D eigenvalue weighted by atomic mass is 127. The smallest absolute Gasteiger partial charge is 0.191 e. The lowest BCUT2D eigenvalue weighted by atomic mass is 10.1. The number of hydrogen-bond donors (Lipinski definition) is 2. The molecule has 25 heavy (non-hydrogen) atoms. The molecular formula is C19H41IN4O. The molecule has 1 saturated heterocycles. The molecule has 1 aliphatic rings. The van der Waals surface area contributed by atoms with Crippen LogP contribution in [0.3, 0.4) is 0 Å². The predicted molar refractivity (Wildman–Crippen MR) is 119 cm³/mol. The molecule has 0 aromatic carbocycles. The van der Waals surface area contributed by atoms with E-state index in [0.29, 0.717) is 0 Å². The zero-order chi connectivity index (χ0) is 17.3. The number of piperidine rings is 1. The molecule has 5 nitrogen and oxygen atoms in total. The molecule has 0 aromatic rings. The van der Waals surface area contributed by atoms with Gasteiger partial charge in [0.15, 0.2) is 5.96 Å². The average Bonchev–Trinajstić information content (AvgIpc) is 2.61. The van der Waals surface area contributed by atoms with Crippen LogP contribution >= 0.6 is 24.0 Å². The van der Waals surface area contributed by atoms with Gasteiger partial charge in [-0.1, -0.05) is 12.8 Å². The lowest BCUT2D eigenvalue weighted by Crippen LogP contribution is -2.38. The van der Waals surface area contributed by atoms with Crippen molar-refractivity contribution in [2.45, 2.75) is 65.2 Å². The summed E-state index contributed by atoms with van der Waals surface area (Å²) < 4.78 is 5.36. The van der Waals surface area contributed by atoms with Gasteiger partial charge in [-0.05, 0) is 72.0 Å². The number of rotatable bonds is 13. The Balaban J connectivity index is 0.00000576. The molecule has 1 heterocycles. The number of aliphatic imine (C=N–C) groups is 1. The summed E-state index contributed by atoms with van der Waals surface area (Å²) in [6.45, 7) is 12.6. The van der Waals surface area contributed by atoms with E-state index in [1.54, 1.807) is 0 Å². The van der Waals surface area contributed by atoms with Gasteiger partial charge in [0.1, 0.15) is 0 Å². The van der Waals surface area contributed by atoms with Crippen LogP contribution in [0.5, 0.6) is 0 Å². The third-order valence-corrected chi connectivity index (χ3v) is 4.41. The van der Waals surface area contributed by atoms with E-state index in [2.05, 4.69) is 27.4 Å². The Morgan fingerprint density at radius 1 is 0.960 bits per heavy atom. The van der Waals surface area contributed by atoms with Crippen molar-refractivity contribution < 1.29 is 4.74 Å². The third-order valence-electron chi connectivity index (χ3n) is 4.41. The Labute approximate surface area is 172 Å². The molecule has 0 unspecified atom stereocenters. The fourth-order valence-electron chi connectivity index (χ4n) is 3.02. The number of hydrogen-bond acceptors (Lipinski definition) is 3. The van der Waals surface area contributed by atoms with E-state index in [4.69, 9.17) is 4.74 Å². The van der Waals surface area contributed by atoms with Crippen molar-refractivity contribution in [3.8, 4) is 0 Å². The van der Waals surface area contributed by atoms with Crippen LogP contribution in [0.4, 0.5) is 0 Å². The van der Waals surface area contributed by atoms with Crippen LogP contribution in [0.25, 0.3) is 0 Å². The van der Waals surface area contributed by atoms with Gasteiger partial charge in [0.2, 0.25) is 0 Å². The van der Waals surface area contributed by atoms with E-state index in [9.17, 15) is 0 Å². The molecule has 0 aliphatic carbocycles. The number of halogens is 1. The molecule has 1 aliphatic heterocycles. The zero-order valence-electron chi connectivity index (χ0n) is 16.5. The lowest BCUT2D eigenvalue weighted by Gasteiger charge is -2.26. The predicted octanol–water partition coefficient (Wildman–Crippen LogP) is 3.63. The zero-order valence-corrected chi connectivity index (χ0v) is 18.9. The number of guanidine groups is 1. The first-order valence-electron chi connectivity index (χ1n) is 10.2. The van der Waals surface area contributed by atoms with Gasteiger partial charge in [-0.25, -0.2) is 0 Å². The molecule has 0 spiro atoms. The fourth-order valence-corrected chi connectivity index (χ4v) is 3.02.